The molecule has 2 bridgehead atoms. The third-order valence-electron chi connectivity index (χ3n) is 5.37. The van der Waals surface area contributed by atoms with Crippen molar-refractivity contribution in [3.63, 3.8) is 0 Å². The Hall–Kier alpha value is -2.38. The van der Waals surface area contributed by atoms with Crippen molar-refractivity contribution < 1.29 is 9.59 Å². The van der Waals surface area contributed by atoms with Gasteiger partial charge in [0, 0.05) is 30.0 Å². The van der Waals surface area contributed by atoms with E-state index in [1.165, 1.54) is 44.6 Å². The zero-order valence-corrected chi connectivity index (χ0v) is 16.7. The average molecular weight is 397 g/mol. The summed E-state index contributed by atoms with van der Waals surface area (Å²) in [5.74, 6) is 0.512. The summed E-state index contributed by atoms with van der Waals surface area (Å²) in [6.45, 7) is 4.78. The molecule has 0 unspecified atom stereocenters. The monoisotopic (exact) mass is 396 g/mol. The summed E-state index contributed by atoms with van der Waals surface area (Å²) in [5, 5.41) is 6.76. The van der Waals surface area contributed by atoms with Gasteiger partial charge in [0.25, 0.3) is 5.91 Å². The van der Waals surface area contributed by atoms with Crippen molar-refractivity contribution in [3.05, 3.63) is 48.2 Å². The third-order valence-corrected chi connectivity index (χ3v) is 6.33. The first-order chi connectivity index (χ1) is 13.6. The van der Waals surface area contributed by atoms with E-state index in [0.29, 0.717) is 17.2 Å². The molecule has 0 aliphatic carbocycles. The fraction of sp³-hybridized carbons (Fsp3) is 0.381. The second-order valence-electron chi connectivity index (χ2n) is 7.41. The van der Waals surface area contributed by atoms with Crippen molar-refractivity contribution in [3.8, 4) is 0 Å². The Morgan fingerprint density at radius 3 is 2.43 bits per heavy atom. The van der Waals surface area contributed by atoms with Crippen LogP contribution in [0, 0.1) is 5.92 Å². The molecule has 1 atom stereocenters. The summed E-state index contributed by atoms with van der Waals surface area (Å²) in [7, 11) is 0. The van der Waals surface area contributed by atoms with Crippen LogP contribution >= 0.6 is 11.8 Å². The molecule has 3 fully saturated rings. The molecule has 0 saturated carbocycles. The Bertz CT molecular complexity index is 846. The van der Waals surface area contributed by atoms with E-state index in [1.807, 2.05) is 36.4 Å². The Labute approximate surface area is 169 Å². The number of piperidine rings is 3. The lowest BCUT2D eigenvalue weighted by molar-refractivity contribution is -0.114. The van der Waals surface area contributed by atoms with E-state index in [0.717, 1.165) is 16.5 Å². The Morgan fingerprint density at radius 1 is 1.11 bits per heavy atom. The SMILES string of the molecule is CC(=O)Nc1ccc(Sc2ccc(C(=O)N[C@H]3CN4CCC3CC4)cc2)nc1. The number of carbonyl (C=O) groups is 2. The molecule has 2 aromatic rings. The second-order valence-corrected chi connectivity index (χ2v) is 8.50. The maximum Gasteiger partial charge on any atom is 0.251 e. The van der Waals surface area contributed by atoms with Gasteiger partial charge in [-0.3, -0.25) is 9.59 Å². The first-order valence-electron chi connectivity index (χ1n) is 9.61. The van der Waals surface area contributed by atoms with Crippen LogP contribution in [-0.4, -0.2) is 47.4 Å². The minimum Gasteiger partial charge on any atom is -0.348 e. The second kappa shape index (κ2) is 8.32. The van der Waals surface area contributed by atoms with Gasteiger partial charge in [-0.2, -0.15) is 0 Å². The molecule has 0 radical (unpaired) electrons. The molecule has 2 amide bonds. The van der Waals surface area contributed by atoms with Gasteiger partial charge in [0.1, 0.15) is 5.03 Å². The van der Waals surface area contributed by atoms with E-state index in [4.69, 9.17) is 0 Å². The predicted octanol–water partition coefficient (Wildman–Crippen LogP) is 3.02. The number of aromatic nitrogens is 1. The van der Waals surface area contributed by atoms with Crippen LogP contribution in [0.3, 0.4) is 0 Å². The molecule has 4 heterocycles. The first kappa shape index (κ1) is 19.0. The van der Waals surface area contributed by atoms with Gasteiger partial charge < -0.3 is 15.5 Å². The van der Waals surface area contributed by atoms with Gasteiger partial charge in [0.05, 0.1) is 11.9 Å². The fourth-order valence-electron chi connectivity index (χ4n) is 3.89. The van der Waals surface area contributed by atoms with Gasteiger partial charge in [0.15, 0.2) is 0 Å². The normalized spacial score (nSPS) is 23.2. The molecule has 7 heteroatoms. The molecule has 1 aromatic carbocycles. The zero-order chi connectivity index (χ0) is 19.5. The van der Waals surface area contributed by atoms with Crippen LogP contribution in [0.4, 0.5) is 5.69 Å². The number of nitrogens with zero attached hydrogens (tertiary/aromatic N) is 2. The summed E-state index contributed by atoms with van der Waals surface area (Å²) in [5.41, 5.74) is 1.37. The molecule has 3 aliphatic heterocycles. The molecule has 3 aliphatic rings. The van der Waals surface area contributed by atoms with Crippen LogP contribution in [0.5, 0.6) is 0 Å². The summed E-state index contributed by atoms with van der Waals surface area (Å²) < 4.78 is 0. The summed E-state index contributed by atoms with van der Waals surface area (Å²) in [6, 6.07) is 11.6. The van der Waals surface area contributed by atoms with E-state index in [2.05, 4.69) is 20.5 Å². The number of anilines is 1. The number of hydrogen-bond acceptors (Lipinski definition) is 5. The molecule has 5 rings (SSSR count). The highest BCUT2D eigenvalue weighted by molar-refractivity contribution is 7.99. The summed E-state index contributed by atoms with van der Waals surface area (Å²) in [6.07, 6.45) is 4.02. The number of amides is 2. The maximum absolute atomic E-state index is 12.6. The van der Waals surface area contributed by atoms with Crippen LogP contribution in [0.1, 0.15) is 30.1 Å². The van der Waals surface area contributed by atoms with E-state index >= 15 is 0 Å². The van der Waals surface area contributed by atoms with E-state index in [1.54, 1.807) is 6.20 Å². The molecular weight excluding hydrogens is 372 g/mol. The van der Waals surface area contributed by atoms with Gasteiger partial charge in [0.2, 0.25) is 5.91 Å². The molecule has 0 spiro atoms. The topological polar surface area (TPSA) is 74.3 Å². The van der Waals surface area contributed by atoms with Crippen molar-refractivity contribution in [2.45, 2.75) is 35.7 Å². The minimum absolute atomic E-state index is 0.00749. The number of carbonyl (C=O) groups excluding carboxylic acids is 2. The van der Waals surface area contributed by atoms with Crippen LogP contribution in [0.25, 0.3) is 0 Å². The van der Waals surface area contributed by atoms with Crippen molar-refractivity contribution in [2.75, 3.05) is 25.0 Å². The van der Waals surface area contributed by atoms with Crippen molar-refractivity contribution in [1.82, 2.24) is 15.2 Å². The average Bonchev–Trinajstić information content (AvgIpc) is 2.70. The van der Waals surface area contributed by atoms with Crippen molar-refractivity contribution in [2.24, 2.45) is 5.92 Å². The van der Waals surface area contributed by atoms with E-state index in [9.17, 15) is 9.59 Å². The van der Waals surface area contributed by atoms with Crippen LogP contribution < -0.4 is 10.6 Å². The Morgan fingerprint density at radius 2 is 1.86 bits per heavy atom. The summed E-state index contributed by atoms with van der Waals surface area (Å²) in [4.78, 5) is 31.5. The number of pyridine rings is 1. The van der Waals surface area contributed by atoms with Gasteiger partial charge in [-0.25, -0.2) is 4.98 Å². The number of benzene rings is 1. The summed E-state index contributed by atoms with van der Waals surface area (Å²) >= 11 is 1.52. The van der Waals surface area contributed by atoms with Crippen LogP contribution in [-0.2, 0) is 4.79 Å². The Balaban J connectivity index is 1.34. The lowest BCUT2D eigenvalue weighted by Crippen LogP contribution is -2.57. The standard InChI is InChI=1S/C21H24N4O2S/c1-14(26)23-17-4-7-20(22-12-17)28-18-5-2-16(3-6-18)21(27)24-19-13-25-10-8-15(19)9-11-25/h2-7,12,15,19H,8-11,13H2,1H3,(H,23,26)(H,24,27)/t19-/m0/s1. The molecular formula is C21H24N4O2S. The highest BCUT2D eigenvalue weighted by Crippen LogP contribution is 2.29. The van der Waals surface area contributed by atoms with E-state index in [-0.39, 0.29) is 17.9 Å². The highest BCUT2D eigenvalue weighted by Gasteiger charge is 2.34. The molecule has 6 nitrogen and oxygen atoms in total. The van der Waals surface area contributed by atoms with Gasteiger partial charge >= 0.3 is 0 Å². The minimum atomic E-state index is -0.116. The van der Waals surface area contributed by atoms with Crippen molar-refractivity contribution in [1.29, 1.82) is 0 Å². The fourth-order valence-corrected chi connectivity index (χ4v) is 4.65. The molecule has 146 valence electrons. The smallest absolute Gasteiger partial charge is 0.251 e. The number of rotatable bonds is 5. The Kier molecular flexibility index (Phi) is 5.64. The molecule has 28 heavy (non-hydrogen) atoms. The number of nitrogens with one attached hydrogen (secondary N) is 2. The molecule has 3 saturated heterocycles. The van der Waals surface area contributed by atoms with Crippen LogP contribution in [0.2, 0.25) is 0 Å². The third kappa shape index (κ3) is 4.54. The van der Waals surface area contributed by atoms with Gasteiger partial charge in [-0.15, -0.1) is 0 Å². The maximum atomic E-state index is 12.6. The van der Waals surface area contributed by atoms with Crippen LogP contribution in [0.15, 0.2) is 52.5 Å². The first-order valence-corrected chi connectivity index (χ1v) is 10.4. The lowest BCUT2D eigenvalue weighted by atomic mass is 9.84. The van der Waals surface area contributed by atoms with E-state index < -0.39 is 0 Å². The quantitative estimate of drug-likeness (QED) is 0.813. The molecule has 2 N–H and O–H groups in total. The predicted molar refractivity (Wildman–Crippen MR) is 110 cm³/mol. The number of hydrogen-bond donors (Lipinski definition) is 2. The van der Waals surface area contributed by atoms with Gasteiger partial charge in [-0.05, 0) is 68.2 Å². The number of fused-ring (bicyclic) bond motifs is 3. The van der Waals surface area contributed by atoms with Crippen molar-refractivity contribution >= 4 is 29.3 Å². The lowest BCUT2D eigenvalue weighted by Gasteiger charge is -2.44. The molecule has 1 aromatic heterocycles. The van der Waals surface area contributed by atoms with Gasteiger partial charge in [-0.1, -0.05) is 11.8 Å². The zero-order valence-electron chi connectivity index (χ0n) is 15.9. The largest absolute Gasteiger partial charge is 0.348 e. The highest BCUT2D eigenvalue weighted by atomic mass is 32.2.